The van der Waals surface area contributed by atoms with Crippen LogP contribution in [0.5, 0.6) is 0 Å². The molecule has 162 valence electrons. The number of imide groups is 1. The summed E-state index contributed by atoms with van der Waals surface area (Å²) < 4.78 is 0.800. The van der Waals surface area contributed by atoms with Crippen molar-refractivity contribution in [2.75, 3.05) is 9.96 Å². The van der Waals surface area contributed by atoms with Gasteiger partial charge in [0.15, 0.2) is 0 Å². The summed E-state index contributed by atoms with van der Waals surface area (Å²) in [4.78, 5) is 42.1. The van der Waals surface area contributed by atoms with Crippen molar-refractivity contribution in [1.82, 2.24) is 0 Å². The van der Waals surface area contributed by atoms with E-state index >= 15 is 0 Å². The van der Waals surface area contributed by atoms with Crippen LogP contribution in [0, 0.1) is 25.2 Å². The second-order valence-corrected chi connectivity index (χ2v) is 9.41. The molecule has 31 heavy (non-hydrogen) atoms. The van der Waals surface area contributed by atoms with Gasteiger partial charge < -0.3 is 0 Å². The Hall–Kier alpha value is -2.51. The molecule has 2 fully saturated rings. The van der Waals surface area contributed by atoms with Crippen LogP contribution in [0.3, 0.4) is 0 Å². The number of hydroxylamine groups is 1. The standard InChI is InChI=1S/C24H25BrN2O4/c1-15-7-6-8-16(2)20(15)26-21(28)19(24(23(26)30)13-4-3-5-14-24)22(29)27(31)18-11-9-17(25)10-12-18/h6-12,19,31H,3-5,13-14H2,1-2H3. The summed E-state index contributed by atoms with van der Waals surface area (Å²) >= 11 is 3.33. The summed E-state index contributed by atoms with van der Waals surface area (Å²) in [5.41, 5.74) is 1.29. The highest BCUT2D eigenvalue weighted by Crippen LogP contribution is 2.51. The largest absolute Gasteiger partial charge is 0.281 e. The number of anilines is 2. The molecule has 2 aliphatic rings. The van der Waals surface area contributed by atoms with Crippen molar-refractivity contribution in [3.05, 3.63) is 58.1 Å². The molecule has 1 heterocycles. The zero-order valence-corrected chi connectivity index (χ0v) is 19.2. The van der Waals surface area contributed by atoms with E-state index < -0.39 is 23.1 Å². The molecule has 6 nitrogen and oxygen atoms in total. The van der Waals surface area contributed by atoms with E-state index in [1.165, 1.54) is 4.90 Å². The number of rotatable bonds is 3. The lowest BCUT2D eigenvalue weighted by Gasteiger charge is -2.35. The molecule has 1 saturated carbocycles. The van der Waals surface area contributed by atoms with Gasteiger partial charge in [-0.1, -0.05) is 53.4 Å². The summed E-state index contributed by atoms with van der Waals surface area (Å²) in [6.07, 6.45) is 3.43. The Kier molecular flexibility index (Phi) is 5.75. The second-order valence-electron chi connectivity index (χ2n) is 8.50. The molecule has 2 aromatic carbocycles. The molecular weight excluding hydrogens is 460 g/mol. The normalized spacial score (nSPS) is 20.4. The predicted octanol–water partition coefficient (Wildman–Crippen LogP) is 4.93. The van der Waals surface area contributed by atoms with Crippen LogP contribution in [0.25, 0.3) is 0 Å². The zero-order valence-electron chi connectivity index (χ0n) is 17.6. The number of benzene rings is 2. The van der Waals surface area contributed by atoms with Gasteiger partial charge in [0.2, 0.25) is 11.8 Å². The summed E-state index contributed by atoms with van der Waals surface area (Å²) in [5.74, 6) is -2.87. The van der Waals surface area contributed by atoms with Crippen molar-refractivity contribution in [1.29, 1.82) is 0 Å². The van der Waals surface area contributed by atoms with Gasteiger partial charge in [-0.05, 0) is 62.1 Å². The third kappa shape index (κ3) is 3.49. The maximum absolute atomic E-state index is 13.8. The van der Waals surface area contributed by atoms with E-state index in [2.05, 4.69) is 15.9 Å². The molecule has 4 rings (SSSR count). The first-order valence-corrected chi connectivity index (χ1v) is 11.3. The van der Waals surface area contributed by atoms with Gasteiger partial charge in [-0.15, -0.1) is 0 Å². The van der Waals surface area contributed by atoms with E-state index in [1.807, 2.05) is 32.0 Å². The van der Waals surface area contributed by atoms with Gasteiger partial charge in [0, 0.05) is 4.47 Å². The predicted molar refractivity (Wildman–Crippen MR) is 121 cm³/mol. The zero-order chi connectivity index (χ0) is 22.3. The first kappa shape index (κ1) is 21.7. The lowest BCUT2D eigenvalue weighted by Crippen LogP contribution is -2.46. The number of carbonyl (C=O) groups is 3. The number of amides is 3. The third-order valence-electron chi connectivity index (χ3n) is 6.58. The highest BCUT2D eigenvalue weighted by atomic mass is 79.9. The van der Waals surface area contributed by atoms with Crippen molar-refractivity contribution < 1.29 is 19.6 Å². The van der Waals surface area contributed by atoms with Gasteiger partial charge in [0.25, 0.3) is 5.91 Å². The number of hydrogen-bond donors (Lipinski definition) is 1. The molecule has 1 spiro atoms. The van der Waals surface area contributed by atoms with E-state index in [4.69, 9.17) is 0 Å². The Morgan fingerprint density at radius 3 is 2.19 bits per heavy atom. The first-order chi connectivity index (χ1) is 14.8. The van der Waals surface area contributed by atoms with E-state index in [-0.39, 0.29) is 11.6 Å². The van der Waals surface area contributed by atoms with Crippen molar-refractivity contribution in [3.8, 4) is 0 Å². The summed E-state index contributed by atoms with van der Waals surface area (Å²) in [6, 6.07) is 12.2. The van der Waals surface area contributed by atoms with E-state index in [0.717, 1.165) is 34.9 Å². The summed E-state index contributed by atoms with van der Waals surface area (Å²) in [5, 5.41) is 11.2. The molecule has 0 aromatic heterocycles. The number of halogens is 1. The van der Waals surface area contributed by atoms with Crippen LogP contribution in [-0.2, 0) is 14.4 Å². The Balaban J connectivity index is 1.79. The van der Waals surface area contributed by atoms with E-state index in [9.17, 15) is 19.6 Å². The van der Waals surface area contributed by atoms with Crippen LogP contribution in [0.1, 0.15) is 43.2 Å². The minimum atomic E-state index is -1.24. The van der Waals surface area contributed by atoms with Crippen molar-refractivity contribution in [3.63, 3.8) is 0 Å². The summed E-state index contributed by atoms with van der Waals surface area (Å²) in [7, 11) is 0. The maximum Gasteiger partial charge on any atom is 0.264 e. The molecule has 0 radical (unpaired) electrons. The lowest BCUT2D eigenvalue weighted by atomic mass is 9.66. The van der Waals surface area contributed by atoms with Crippen molar-refractivity contribution in [2.24, 2.45) is 11.3 Å². The lowest BCUT2D eigenvalue weighted by molar-refractivity contribution is -0.142. The molecule has 3 amide bonds. The number of nitrogens with zero attached hydrogens (tertiary/aromatic N) is 2. The molecule has 7 heteroatoms. The van der Waals surface area contributed by atoms with Crippen molar-refractivity contribution in [2.45, 2.75) is 46.0 Å². The minimum Gasteiger partial charge on any atom is -0.281 e. The molecule has 1 atom stereocenters. The maximum atomic E-state index is 13.8. The van der Waals surface area contributed by atoms with Gasteiger partial charge in [-0.25, -0.2) is 4.90 Å². The monoisotopic (exact) mass is 484 g/mol. The van der Waals surface area contributed by atoms with Crippen LogP contribution in [0.15, 0.2) is 46.9 Å². The Bertz CT molecular complexity index is 1020. The average Bonchev–Trinajstić information content (AvgIpc) is 2.95. The molecule has 1 aliphatic carbocycles. The number of aryl methyl sites for hydroxylation is 2. The third-order valence-corrected chi connectivity index (χ3v) is 7.11. The number of para-hydroxylation sites is 1. The summed E-state index contributed by atoms with van der Waals surface area (Å²) in [6.45, 7) is 3.71. The van der Waals surface area contributed by atoms with E-state index in [1.54, 1.807) is 24.3 Å². The highest BCUT2D eigenvalue weighted by Gasteiger charge is 2.63. The molecule has 1 N–H and O–H groups in total. The topological polar surface area (TPSA) is 77.9 Å². The molecular formula is C24H25BrN2O4. The van der Waals surface area contributed by atoms with Gasteiger partial charge in [-0.3, -0.25) is 19.6 Å². The SMILES string of the molecule is Cc1cccc(C)c1N1C(=O)C(C(=O)N(O)c2ccc(Br)cc2)C2(CCCCC2)C1=O. The van der Waals surface area contributed by atoms with Gasteiger partial charge in [-0.2, -0.15) is 5.06 Å². The van der Waals surface area contributed by atoms with Gasteiger partial charge >= 0.3 is 0 Å². The average molecular weight is 485 g/mol. The van der Waals surface area contributed by atoms with Crippen molar-refractivity contribution >= 4 is 45.0 Å². The molecule has 0 bridgehead atoms. The van der Waals surface area contributed by atoms with Crippen LogP contribution in [0.2, 0.25) is 0 Å². The van der Waals surface area contributed by atoms with Crippen LogP contribution < -0.4 is 9.96 Å². The molecule has 2 aromatic rings. The molecule has 1 aliphatic heterocycles. The Labute approximate surface area is 189 Å². The van der Waals surface area contributed by atoms with Crippen LogP contribution in [-0.4, -0.2) is 22.9 Å². The second kappa shape index (κ2) is 8.20. The Morgan fingerprint density at radius 2 is 1.61 bits per heavy atom. The first-order valence-electron chi connectivity index (χ1n) is 10.5. The fourth-order valence-corrected chi connectivity index (χ4v) is 5.31. The minimum absolute atomic E-state index is 0.255. The molecule has 1 unspecified atom stereocenters. The number of hydrogen-bond acceptors (Lipinski definition) is 4. The quantitative estimate of drug-likeness (QED) is 0.290. The fourth-order valence-electron chi connectivity index (χ4n) is 5.04. The van der Waals surface area contributed by atoms with Gasteiger partial charge in [0.1, 0.15) is 5.92 Å². The highest BCUT2D eigenvalue weighted by molar-refractivity contribution is 9.10. The molecule has 1 saturated heterocycles. The Morgan fingerprint density at radius 1 is 1.03 bits per heavy atom. The van der Waals surface area contributed by atoms with E-state index in [0.29, 0.717) is 23.6 Å². The number of carbonyl (C=O) groups excluding carboxylic acids is 3. The van der Waals surface area contributed by atoms with Crippen LogP contribution in [0.4, 0.5) is 11.4 Å². The smallest absolute Gasteiger partial charge is 0.264 e. The fraction of sp³-hybridized carbons (Fsp3) is 0.375. The van der Waals surface area contributed by atoms with Crippen LogP contribution >= 0.6 is 15.9 Å². The van der Waals surface area contributed by atoms with Gasteiger partial charge in [0.05, 0.1) is 16.8 Å².